The lowest BCUT2D eigenvalue weighted by Crippen LogP contribution is -2.50. The first kappa shape index (κ1) is 16.9. The van der Waals surface area contributed by atoms with Crippen molar-refractivity contribution in [2.75, 3.05) is 32.8 Å². The van der Waals surface area contributed by atoms with Crippen LogP contribution in [0.15, 0.2) is 48.5 Å². The number of nitrogens with zero attached hydrogens (tertiary/aromatic N) is 3. The molecule has 2 aliphatic rings. The number of fused-ring (bicyclic) bond motifs is 1. The number of aryl methyl sites for hydroxylation is 1. The number of imide groups is 1. The van der Waals surface area contributed by atoms with Gasteiger partial charge in [0.25, 0.3) is 11.8 Å². The van der Waals surface area contributed by atoms with Gasteiger partial charge >= 0.3 is 0 Å². The Morgan fingerprint density at radius 2 is 1.31 bits per heavy atom. The summed E-state index contributed by atoms with van der Waals surface area (Å²) in [5.41, 5.74) is 3.65. The van der Waals surface area contributed by atoms with Crippen LogP contribution in [-0.2, 0) is 6.54 Å². The van der Waals surface area contributed by atoms with Gasteiger partial charge < -0.3 is 0 Å². The Kier molecular flexibility index (Phi) is 4.57. The zero-order valence-electron chi connectivity index (χ0n) is 15.0. The molecule has 5 heteroatoms. The summed E-state index contributed by atoms with van der Waals surface area (Å²) in [4.78, 5) is 30.9. The van der Waals surface area contributed by atoms with E-state index in [1.165, 1.54) is 16.0 Å². The smallest absolute Gasteiger partial charge is 0.262 e. The minimum absolute atomic E-state index is 0.173. The molecule has 0 saturated carbocycles. The summed E-state index contributed by atoms with van der Waals surface area (Å²) in [5, 5.41) is 0. The predicted octanol–water partition coefficient (Wildman–Crippen LogP) is 2.37. The summed E-state index contributed by atoms with van der Waals surface area (Å²) in [6, 6.07) is 15.7. The first-order valence-corrected chi connectivity index (χ1v) is 9.07. The van der Waals surface area contributed by atoms with E-state index in [9.17, 15) is 9.59 Å². The van der Waals surface area contributed by atoms with Crippen LogP contribution >= 0.6 is 0 Å². The molecule has 2 aliphatic heterocycles. The zero-order chi connectivity index (χ0) is 18.1. The molecule has 0 bridgehead atoms. The van der Waals surface area contributed by atoms with Crippen LogP contribution in [0.25, 0.3) is 0 Å². The van der Waals surface area contributed by atoms with Crippen LogP contribution in [0.5, 0.6) is 0 Å². The zero-order valence-corrected chi connectivity index (χ0v) is 15.0. The fourth-order valence-corrected chi connectivity index (χ4v) is 3.61. The predicted molar refractivity (Wildman–Crippen MR) is 99.8 cm³/mol. The second-order valence-corrected chi connectivity index (χ2v) is 7.11. The van der Waals surface area contributed by atoms with E-state index in [0.717, 1.165) is 32.7 Å². The van der Waals surface area contributed by atoms with E-state index in [0.29, 0.717) is 17.8 Å². The molecule has 0 aromatic heterocycles. The van der Waals surface area contributed by atoms with E-state index in [2.05, 4.69) is 41.0 Å². The van der Waals surface area contributed by atoms with Gasteiger partial charge in [0.1, 0.15) is 0 Å². The molecular formula is C21H23N3O2. The number of carbonyl (C=O) groups excluding carboxylic acids is 2. The summed E-state index contributed by atoms with van der Waals surface area (Å²) < 4.78 is 0. The molecule has 0 N–H and O–H groups in total. The van der Waals surface area contributed by atoms with Crippen molar-refractivity contribution in [3.8, 4) is 0 Å². The Morgan fingerprint density at radius 1 is 0.769 bits per heavy atom. The lowest BCUT2D eigenvalue weighted by Gasteiger charge is -2.36. The van der Waals surface area contributed by atoms with Gasteiger partial charge in [-0.3, -0.25) is 24.3 Å². The quantitative estimate of drug-likeness (QED) is 0.795. The minimum Gasteiger partial charge on any atom is -0.297 e. The first-order valence-electron chi connectivity index (χ1n) is 9.07. The number of amides is 2. The fraction of sp³-hybridized carbons (Fsp3) is 0.333. The highest BCUT2D eigenvalue weighted by Gasteiger charge is 2.36. The summed E-state index contributed by atoms with van der Waals surface area (Å²) >= 11 is 0. The van der Waals surface area contributed by atoms with Crippen molar-refractivity contribution < 1.29 is 9.59 Å². The Labute approximate surface area is 153 Å². The summed E-state index contributed by atoms with van der Waals surface area (Å²) in [5.74, 6) is -0.347. The van der Waals surface area contributed by atoms with Crippen LogP contribution < -0.4 is 0 Å². The molecule has 2 heterocycles. The van der Waals surface area contributed by atoms with Crippen LogP contribution in [0.4, 0.5) is 0 Å². The Balaban J connectivity index is 1.32. The van der Waals surface area contributed by atoms with Gasteiger partial charge in [-0.2, -0.15) is 0 Å². The van der Waals surface area contributed by atoms with Crippen molar-refractivity contribution in [1.82, 2.24) is 14.7 Å². The topological polar surface area (TPSA) is 43.9 Å². The molecule has 5 nitrogen and oxygen atoms in total. The molecule has 0 atom stereocenters. The maximum atomic E-state index is 12.5. The molecular weight excluding hydrogens is 326 g/mol. The first-order chi connectivity index (χ1) is 12.6. The number of piperazine rings is 1. The molecule has 0 unspecified atom stereocenters. The largest absolute Gasteiger partial charge is 0.297 e. The molecule has 134 valence electrons. The van der Waals surface area contributed by atoms with E-state index >= 15 is 0 Å². The Bertz CT molecular complexity index is 788. The third-order valence-corrected chi connectivity index (χ3v) is 5.21. The maximum Gasteiger partial charge on any atom is 0.262 e. The van der Waals surface area contributed by atoms with Gasteiger partial charge in [-0.05, 0) is 24.6 Å². The average molecular weight is 349 g/mol. The molecule has 26 heavy (non-hydrogen) atoms. The average Bonchev–Trinajstić information content (AvgIpc) is 2.90. The number of rotatable bonds is 4. The summed E-state index contributed by atoms with van der Waals surface area (Å²) in [7, 11) is 0. The van der Waals surface area contributed by atoms with Gasteiger partial charge in [-0.25, -0.2) is 0 Å². The van der Waals surface area contributed by atoms with Crippen molar-refractivity contribution in [2.24, 2.45) is 0 Å². The van der Waals surface area contributed by atoms with Crippen molar-refractivity contribution in [1.29, 1.82) is 0 Å². The Morgan fingerprint density at radius 3 is 1.88 bits per heavy atom. The maximum absolute atomic E-state index is 12.5. The summed E-state index contributed by atoms with van der Waals surface area (Å²) in [6.45, 7) is 7.03. The standard InChI is InChI=1S/C21H23N3O2/c1-16-6-8-17(9-7-16)14-22-10-12-23(13-11-22)15-24-20(25)18-4-2-3-5-19(18)21(24)26/h2-9H,10-15H2,1H3. The molecule has 2 aromatic carbocycles. The minimum atomic E-state index is -0.173. The van der Waals surface area contributed by atoms with E-state index in [4.69, 9.17) is 0 Å². The van der Waals surface area contributed by atoms with E-state index in [1.54, 1.807) is 24.3 Å². The van der Waals surface area contributed by atoms with Crippen LogP contribution in [0.1, 0.15) is 31.8 Å². The second-order valence-electron chi connectivity index (χ2n) is 7.11. The molecule has 1 fully saturated rings. The highest BCUT2D eigenvalue weighted by molar-refractivity contribution is 6.21. The normalized spacial score (nSPS) is 18.4. The van der Waals surface area contributed by atoms with Crippen molar-refractivity contribution >= 4 is 11.8 Å². The van der Waals surface area contributed by atoms with Gasteiger partial charge in [0.15, 0.2) is 0 Å². The van der Waals surface area contributed by atoms with Crippen molar-refractivity contribution in [2.45, 2.75) is 13.5 Å². The molecule has 4 rings (SSSR count). The monoisotopic (exact) mass is 349 g/mol. The number of hydrogen-bond acceptors (Lipinski definition) is 4. The number of benzene rings is 2. The van der Waals surface area contributed by atoms with Crippen LogP contribution in [-0.4, -0.2) is 59.4 Å². The lowest BCUT2D eigenvalue weighted by atomic mass is 10.1. The van der Waals surface area contributed by atoms with Crippen molar-refractivity contribution in [3.05, 3.63) is 70.8 Å². The fourth-order valence-electron chi connectivity index (χ4n) is 3.61. The summed E-state index contributed by atoms with van der Waals surface area (Å²) in [6.07, 6.45) is 0. The van der Waals surface area contributed by atoms with Gasteiger partial charge in [-0.1, -0.05) is 42.0 Å². The second kappa shape index (κ2) is 7.02. The van der Waals surface area contributed by atoms with E-state index < -0.39 is 0 Å². The third kappa shape index (κ3) is 3.28. The van der Waals surface area contributed by atoms with Crippen LogP contribution in [0.2, 0.25) is 0 Å². The molecule has 1 saturated heterocycles. The van der Waals surface area contributed by atoms with Gasteiger partial charge in [0.05, 0.1) is 17.8 Å². The van der Waals surface area contributed by atoms with Crippen molar-refractivity contribution in [3.63, 3.8) is 0 Å². The van der Waals surface area contributed by atoms with Gasteiger partial charge in [0, 0.05) is 32.7 Å². The lowest BCUT2D eigenvalue weighted by molar-refractivity contribution is 0.0447. The molecule has 0 radical (unpaired) electrons. The third-order valence-electron chi connectivity index (χ3n) is 5.21. The van der Waals surface area contributed by atoms with E-state index in [1.807, 2.05) is 0 Å². The van der Waals surface area contributed by atoms with Crippen LogP contribution in [0, 0.1) is 6.92 Å². The number of hydrogen-bond donors (Lipinski definition) is 0. The van der Waals surface area contributed by atoms with Gasteiger partial charge in [-0.15, -0.1) is 0 Å². The van der Waals surface area contributed by atoms with E-state index in [-0.39, 0.29) is 11.8 Å². The molecule has 0 spiro atoms. The van der Waals surface area contributed by atoms with Crippen LogP contribution in [0.3, 0.4) is 0 Å². The molecule has 2 aromatic rings. The number of carbonyl (C=O) groups is 2. The molecule has 0 aliphatic carbocycles. The Hall–Kier alpha value is -2.50. The van der Waals surface area contributed by atoms with Gasteiger partial charge in [0.2, 0.25) is 0 Å². The highest BCUT2D eigenvalue weighted by atomic mass is 16.2. The highest BCUT2D eigenvalue weighted by Crippen LogP contribution is 2.23. The SMILES string of the molecule is Cc1ccc(CN2CCN(CN3C(=O)c4ccccc4C3=O)CC2)cc1. The molecule has 2 amide bonds.